The van der Waals surface area contributed by atoms with Gasteiger partial charge in [-0.05, 0) is 6.92 Å². The number of sulfonamides is 1. The van der Waals surface area contributed by atoms with Crippen LogP contribution >= 0.6 is 0 Å². The van der Waals surface area contributed by atoms with Gasteiger partial charge in [0.15, 0.2) is 5.82 Å². The highest BCUT2D eigenvalue weighted by atomic mass is 32.2. The molecule has 0 amide bonds. The predicted molar refractivity (Wildman–Crippen MR) is 61.4 cm³/mol. The Hall–Kier alpha value is -0.990. The molecule has 2 aliphatic heterocycles. The van der Waals surface area contributed by atoms with Crippen LogP contribution in [0.2, 0.25) is 0 Å². The number of nitrogens with zero attached hydrogens (tertiary/aromatic N) is 3. The number of aromatic nitrogens is 2. The Morgan fingerprint density at radius 3 is 2.89 bits per heavy atom. The largest absolute Gasteiger partial charge is 0.380 e. The second kappa shape index (κ2) is 3.75. The first-order chi connectivity index (χ1) is 8.42. The molecular weight excluding hydrogens is 258 g/mol. The van der Waals surface area contributed by atoms with Crippen LogP contribution in [-0.2, 0) is 20.2 Å². The minimum atomic E-state index is -3.20. The molecule has 2 saturated heterocycles. The zero-order valence-corrected chi connectivity index (χ0v) is 11.1. The van der Waals surface area contributed by atoms with E-state index in [0.717, 1.165) is 0 Å². The van der Waals surface area contributed by atoms with E-state index in [1.807, 2.05) is 0 Å². The third-order valence-corrected chi connectivity index (χ3v) is 4.98. The van der Waals surface area contributed by atoms with Gasteiger partial charge < -0.3 is 9.26 Å². The van der Waals surface area contributed by atoms with Crippen molar-refractivity contribution in [1.82, 2.24) is 14.4 Å². The van der Waals surface area contributed by atoms with Crippen molar-refractivity contribution in [3.05, 3.63) is 11.7 Å². The van der Waals surface area contributed by atoms with Crippen LogP contribution in [0.1, 0.15) is 11.7 Å². The molecule has 1 aromatic rings. The third-order valence-electron chi connectivity index (χ3n) is 3.77. The lowest BCUT2D eigenvalue weighted by Gasteiger charge is -2.21. The van der Waals surface area contributed by atoms with Gasteiger partial charge in [-0.3, -0.25) is 0 Å². The molecular formula is C10H15N3O4S. The lowest BCUT2D eigenvalue weighted by molar-refractivity contribution is 0.153. The number of ether oxygens (including phenoxy) is 1. The SMILES string of the molecule is Cc1noc([C@@]23COC[C@@H]2CN(S(C)(=O)=O)C3)n1. The normalized spacial score (nSPS) is 32.9. The summed E-state index contributed by atoms with van der Waals surface area (Å²) in [7, 11) is -3.20. The van der Waals surface area contributed by atoms with E-state index in [1.165, 1.54) is 10.6 Å². The summed E-state index contributed by atoms with van der Waals surface area (Å²) in [6, 6.07) is 0. The number of rotatable bonds is 2. The lowest BCUT2D eigenvalue weighted by Crippen LogP contribution is -2.37. The fraction of sp³-hybridized carbons (Fsp3) is 0.800. The summed E-state index contributed by atoms with van der Waals surface area (Å²) in [5.41, 5.74) is -0.468. The van der Waals surface area contributed by atoms with Crippen molar-refractivity contribution >= 4 is 10.0 Å². The lowest BCUT2D eigenvalue weighted by atomic mass is 9.81. The summed E-state index contributed by atoms with van der Waals surface area (Å²) in [5.74, 6) is 1.14. The van der Waals surface area contributed by atoms with Crippen LogP contribution in [0.4, 0.5) is 0 Å². The van der Waals surface area contributed by atoms with Crippen molar-refractivity contribution in [3.63, 3.8) is 0 Å². The third kappa shape index (κ3) is 1.67. The first-order valence-corrected chi connectivity index (χ1v) is 7.60. The molecule has 0 N–H and O–H groups in total. The second-order valence-corrected chi connectivity index (χ2v) is 7.05. The number of aryl methyl sites for hydroxylation is 1. The Bertz CT molecular complexity index is 569. The minimum Gasteiger partial charge on any atom is -0.380 e. The molecule has 2 atom stereocenters. The Labute approximate surface area is 105 Å². The van der Waals surface area contributed by atoms with E-state index in [-0.39, 0.29) is 5.92 Å². The van der Waals surface area contributed by atoms with Crippen molar-refractivity contribution < 1.29 is 17.7 Å². The smallest absolute Gasteiger partial charge is 0.236 e. The molecule has 100 valence electrons. The molecule has 0 bridgehead atoms. The van der Waals surface area contributed by atoms with Crippen LogP contribution in [0, 0.1) is 12.8 Å². The topological polar surface area (TPSA) is 85.5 Å². The van der Waals surface area contributed by atoms with Gasteiger partial charge in [-0.25, -0.2) is 12.7 Å². The Kier molecular flexibility index (Phi) is 2.51. The standard InChI is InChI=1S/C10H15N3O4S/c1-7-11-9(17-12-7)10-5-13(18(2,14)15)3-8(10)4-16-6-10/h8H,3-6H2,1-2H3/t8-,10-/m0/s1. The molecule has 0 radical (unpaired) electrons. The molecule has 18 heavy (non-hydrogen) atoms. The van der Waals surface area contributed by atoms with Crippen molar-refractivity contribution in [2.45, 2.75) is 12.3 Å². The monoisotopic (exact) mass is 273 g/mol. The number of fused-ring (bicyclic) bond motifs is 1. The van der Waals surface area contributed by atoms with Gasteiger partial charge in [0.1, 0.15) is 0 Å². The summed E-state index contributed by atoms with van der Waals surface area (Å²) >= 11 is 0. The highest BCUT2D eigenvalue weighted by Crippen LogP contribution is 2.43. The van der Waals surface area contributed by atoms with Crippen molar-refractivity contribution in [2.75, 3.05) is 32.6 Å². The van der Waals surface area contributed by atoms with Crippen LogP contribution in [0.25, 0.3) is 0 Å². The highest BCUT2D eigenvalue weighted by molar-refractivity contribution is 7.88. The van der Waals surface area contributed by atoms with Crippen molar-refractivity contribution in [1.29, 1.82) is 0 Å². The molecule has 3 rings (SSSR count). The molecule has 0 aromatic carbocycles. The summed E-state index contributed by atoms with van der Waals surface area (Å²) < 4.78 is 35.5. The number of hydrogen-bond acceptors (Lipinski definition) is 6. The molecule has 7 nitrogen and oxygen atoms in total. The minimum absolute atomic E-state index is 0.0899. The molecule has 3 heterocycles. The summed E-state index contributed by atoms with van der Waals surface area (Å²) in [4.78, 5) is 4.26. The van der Waals surface area contributed by atoms with Gasteiger partial charge in [0.25, 0.3) is 0 Å². The average molecular weight is 273 g/mol. The fourth-order valence-corrected chi connectivity index (χ4v) is 3.66. The maximum absolute atomic E-state index is 11.7. The van der Waals surface area contributed by atoms with E-state index in [0.29, 0.717) is 38.0 Å². The van der Waals surface area contributed by atoms with Crippen LogP contribution in [0.3, 0.4) is 0 Å². The van der Waals surface area contributed by atoms with Gasteiger partial charge in [0, 0.05) is 19.0 Å². The Morgan fingerprint density at radius 2 is 2.28 bits per heavy atom. The Morgan fingerprint density at radius 1 is 1.50 bits per heavy atom. The Balaban J connectivity index is 1.99. The van der Waals surface area contributed by atoms with E-state index < -0.39 is 15.4 Å². The zero-order valence-electron chi connectivity index (χ0n) is 10.3. The quantitative estimate of drug-likeness (QED) is 0.724. The molecule has 8 heteroatoms. The van der Waals surface area contributed by atoms with Gasteiger partial charge in [-0.2, -0.15) is 4.98 Å². The predicted octanol–water partition coefficient (Wildman–Crippen LogP) is -0.463. The van der Waals surface area contributed by atoms with E-state index in [9.17, 15) is 8.42 Å². The molecule has 2 aliphatic rings. The van der Waals surface area contributed by atoms with Gasteiger partial charge in [0.2, 0.25) is 15.9 Å². The summed E-state index contributed by atoms with van der Waals surface area (Å²) in [5, 5.41) is 3.79. The molecule has 2 fully saturated rings. The molecule has 0 unspecified atom stereocenters. The van der Waals surface area contributed by atoms with Crippen LogP contribution < -0.4 is 0 Å². The van der Waals surface area contributed by atoms with Crippen LogP contribution in [-0.4, -0.2) is 55.4 Å². The maximum Gasteiger partial charge on any atom is 0.236 e. The van der Waals surface area contributed by atoms with Gasteiger partial charge in [-0.15, -0.1) is 0 Å². The molecule has 0 spiro atoms. The maximum atomic E-state index is 11.7. The van der Waals surface area contributed by atoms with Crippen molar-refractivity contribution in [2.24, 2.45) is 5.92 Å². The fourth-order valence-electron chi connectivity index (χ4n) is 2.74. The van der Waals surface area contributed by atoms with E-state index in [2.05, 4.69) is 10.1 Å². The summed E-state index contributed by atoms with van der Waals surface area (Å²) in [6.07, 6.45) is 1.22. The molecule has 1 aromatic heterocycles. The zero-order chi connectivity index (χ0) is 13.0. The average Bonchev–Trinajstić information content (AvgIpc) is 2.86. The van der Waals surface area contributed by atoms with Gasteiger partial charge in [-0.1, -0.05) is 5.16 Å². The second-order valence-electron chi connectivity index (χ2n) is 5.07. The highest BCUT2D eigenvalue weighted by Gasteiger charge is 2.57. The molecule has 0 aliphatic carbocycles. The van der Waals surface area contributed by atoms with Gasteiger partial charge in [0.05, 0.1) is 24.9 Å². The first kappa shape index (κ1) is 12.1. The van der Waals surface area contributed by atoms with Crippen LogP contribution in [0.5, 0.6) is 0 Å². The van der Waals surface area contributed by atoms with Crippen molar-refractivity contribution in [3.8, 4) is 0 Å². The molecule has 0 saturated carbocycles. The van der Waals surface area contributed by atoms with Crippen LogP contribution in [0.15, 0.2) is 4.52 Å². The van der Waals surface area contributed by atoms with E-state index in [1.54, 1.807) is 6.92 Å². The van der Waals surface area contributed by atoms with E-state index >= 15 is 0 Å². The number of hydrogen-bond donors (Lipinski definition) is 0. The first-order valence-electron chi connectivity index (χ1n) is 5.75. The van der Waals surface area contributed by atoms with E-state index in [4.69, 9.17) is 9.26 Å². The summed E-state index contributed by atoms with van der Waals surface area (Å²) in [6.45, 7) is 3.54. The van der Waals surface area contributed by atoms with Gasteiger partial charge >= 0.3 is 0 Å².